The van der Waals surface area contributed by atoms with Crippen LogP contribution in [-0.2, 0) is 31.1 Å². The molecule has 5 rings (SSSR count). The number of thioether (sulfide) groups is 1. The van der Waals surface area contributed by atoms with E-state index in [0.717, 1.165) is 42.0 Å². The van der Waals surface area contributed by atoms with E-state index in [0.29, 0.717) is 26.1 Å². The third kappa shape index (κ3) is 7.23. The van der Waals surface area contributed by atoms with Gasteiger partial charge in [0.25, 0.3) is 0 Å². The molecule has 13 heteroatoms. The third-order valence-electron chi connectivity index (χ3n) is 6.63. The maximum atomic E-state index is 12.3. The van der Waals surface area contributed by atoms with Crippen molar-refractivity contribution in [2.75, 3.05) is 29.5 Å². The molecule has 4 aromatic rings. The molecule has 0 spiro atoms. The van der Waals surface area contributed by atoms with Crippen LogP contribution >= 0.6 is 11.8 Å². The predicted molar refractivity (Wildman–Crippen MR) is 163 cm³/mol. The van der Waals surface area contributed by atoms with Gasteiger partial charge in [-0.15, -0.1) is 0 Å². The number of benzene rings is 3. The summed E-state index contributed by atoms with van der Waals surface area (Å²) in [4.78, 5) is 3.24. The molecule has 9 nitrogen and oxygen atoms in total. The van der Waals surface area contributed by atoms with Crippen molar-refractivity contribution in [2.24, 2.45) is 0 Å². The van der Waals surface area contributed by atoms with Gasteiger partial charge in [-0.05, 0) is 0 Å². The number of rotatable bonds is 12. The van der Waals surface area contributed by atoms with E-state index in [4.69, 9.17) is 4.28 Å². The topological polar surface area (TPSA) is 120 Å². The van der Waals surface area contributed by atoms with Crippen molar-refractivity contribution < 1.29 is 30.2 Å². The SMILES string of the molecule is CCNOS(=O)(=O)CCCN1C(=Cc2[se]c3ccc4ccccc4c3[n+]2CCCS(=O)(=O)[O-])Sc2ccc(C)cc21. The van der Waals surface area contributed by atoms with E-state index in [1.807, 2.05) is 19.1 Å². The molecule has 1 aromatic heterocycles. The number of fused-ring (bicyclic) bond motifs is 4. The van der Waals surface area contributed by atoms with E-state index >= 15 is 0 Å². The van der Waals surface area contributed by atoms with Gasteiger partial charge in [-0.25, -0.2) is 0 Å². The van der Waals surface area contributed by atoms with E-state index in [2.05, 4.69) is 63.5 Å². The molecule has 1 aliphatic rings. The van der Waals surface area contributed by atoms with Crippen molar-refractivity contribution in [1.82, 2.24) is 5.48 Å². The average molecular weight is 681 g/mol. The summed E-state index contributed by atoms with van der Waals surface area (Å²) in [6.07, 6.45) is 2.73. The van der Waals surface area contributed by atoms with Crippen molar-refractivity contribution in [3.63, 3.8) is 0 Å². The average Bonchev–Trinajstić information content (AvgIpc) is 3.44. The number of anilines is 1. The van der Waals surface area contributed by atoms with E-state index in [1.165, 1.54) is 4.26 Å². The first-order valence-corrected chi connectivity index (χ1v) is 18.9. The van der Waals surface area contributed by atoms with Gasteiger partial charge in [-0.2, -0.15) is 0 Å². The van der Waals surface area contributed by atoms with Crippen LogP contribution in [0.2, 0.25) is 0 Å². The summed E-state index contributed by atoms with van der Waals surface area (Å²) in [5, 5.41) is 3.16. The summed E-state index contributed by atoms with van der Waals surface area (Å²) in [5.74, 6) is -0.543. The van der Waals surface area contributed by atoms with Gasteiger partial charge in [-0.1, -0.05) is 0 Å². The molecule has 0 aliphatic carbocycles. The molecule has 0 saturated heterocycles. The van der Waals surface area contributed by atoms with Gasteiger partial charge in [0.15, 0.2) is 0 Å². The Bertz CT molecular complexity index is 1840. The minimum atomic E-state index is -4.33. The van der Waals surface area contributed by atoms with Gasteiger partial charge in [0.05, 0.1) is 0 Å². The zero-order chi connectivity index (χ0) is 29.2. The van der Waals surface area contributed by atoms with Gasteiger partial charge < -0.3 is 0 Å². The molecule has 2 heterocycles. The monoisotopic (exact) mass is 681 g/mol. The maximum absolute atomic E-state index is 12.3. The van der Waals surface area contributed by atoms with Gasteiger partial charge in [-0.3, -0.25) is 0 Å². The first-order chi connectivity index (χ1) is 19.5. The number of hydrogen-bond acceptors (Lipinski definition) is 9. The van der Waals surface area contributed by atoms with Gasteiger partial charge >= 0.3 is 252 Å². The molecule has 1 aliphatic heterocycles. The summed E-state index contributed by atoms with van der Waals surface area (Å²) in [7, 11) is -8.02. The molecule has 0 atom stereocenters. The van der Waals surface area contributed by atoms with Gasteiger partial charge in [0.2, 0.25) is 0 Å². The zero-order valence-electron chi connectivity index (χ0n) is 22.7. The van der Waals surface area contributed by atoms with E-state index in [-0.39, 0.29) is 26.7 Å². The Hall–Kier alpha value is -2.22. The standard InChI is InChI=1S/C28H31N3O6S3Se/c1-3-29-37-40(35,36)17-7-14-30-23-18-20(2)10-12-24(23)38-26(30)19-27-31(15-6-16-39(32,33)34)28-22-9-5-4-8-21(22)11-13-25(28)41-27/h4-5,8-13,18-19,29H,3,6-7,14-17H2,1-2H3. The number of aryl methyl sites for hydroxylation is 2. The van der Waals surface area contributed by atoms with Crippen LogP contribution in [0.4, 0.5) is 5.69 Å². The number of nitrogens with one attached hydrogen (secondary N) is 1. The Morgan fingerprint density at radius 3 is 2.66 bits per heavy atom. The van der Waals surface area contributed by atoms with E-state index in [9.17, 15) is 21.4 Å². The van der Waals surface area contributed by atoms with Crippen molar-refractivity contribution in [1.29, 1.82) is 0 Å². The zero-order valence-corrected chi connectivity index (χ0v) is 26.9. The summed E-state index contributed by atoms with van der Waals surface area (Å²) < 4.78 is 68.0. The first-order valence-electron chi connectivity index (χ1n) is 13.2. The summed E-state index contributed by atoms with van der Waals surface area (Å²) in [6.45, 7) is 5.06. The van der Waals surface area contributed by atoms with Crippen molar-refractivity contribution >= 4 is 78.8 Å². The normalized spacial score (nSPS) is 14.9. The molecule has 218 valence electrons. The first kappa shape index (κ1) is 30.2. The molecule has 3 aromatic carbocycles. The molecule has 41 heavy (non-hydrogen) atoms. The fourth-order valence-corrected chi connectivity index (χ4v) is 9.86. The molecule has 0 saturated carbocycles. The molecular formula is C28H31N3O6S3Se. The summed E-state index contributed by atoms with van der Waals surface area (Å²) in [6, 6.07) is 18.6. The van der Waals surface area contributed by atoms with Crippen LogP contribution in [-0.4, -0.2) is 60.5 Å². The summed E-state index contributed by atoms with van der Waals surface area (Å²) in [5.41, 5.74) is 5.62. The van der Waals surface area contributed by atoms with E-state index in [1.54, 1.807) is 18.7 Å². The predicted octanol–water partition coefficient (Wildman–Crippen LogP) is 3.75. The van der Waals surface area contributed by atoms with Crippen molar-refractivity contribution in [3.8, 4) is 0 Å². The van der Waals surface area contributed by atoms with Crippen LogP contribution in [0.1, 0.15) is 29.9 Å². The Balaban J connectivity index is 1.54. The van der Waals surface area contributed by atoms with Gasteiger partial charge in [0, 0.05) is 0 Å². The molecule has 0 bridgehead atoms. The molecule has 0 radical (unpaired) electrons. The van der Waals surface area contributed by atoms with Crippen molar-refractivity contribution in [3.05, 3.63) is 69.8 Å². The second-order valence-electron chi connectivity index (χ2n) is 9.74. The minimum absolute atomic E-state index is 0.0529. The second-order valence-corrected chi connectivity index (χ2v) is 16.2. The Labute approximate surface area is 250 Å². The van der Waals surface area contributed by atoms with Crippen LogP contribution < -0.4 is 14.9 Å². The van der Waals surface area contributed by atoms with Crippen LogP contribution in [0.5, 0.6) is 0 Å². The molecule has 0 fully saturated rings. The third-order valence-corrected chi connectivity index (χ3v) is 12.0. The van der Waals surface area contributed by atoms with Gasteiger partial charge in [0.1, 0.15) is 0 Å². The van der Waals surface area contributed by atoms with Crippen molar-refractivity contribution in [2.45, 2.75) is 38.1 Å². The van der Waals surface area contributed by atoms with Crippen LogP contribution in [0.25, 0.3) is 26.6 Å². The number of hydroxylamine groups is 1. The van der Waals surface area contributed by atoms with Crippen LogP contribution in [0.3, 0.4) is 0 Å². The fourth-order valence-electron chi connectivity index (χ4n) is 4.85. The van der Waals surface area contributed by atoms with E-state index < -0.39 is 26.0 Å². The quantitative estimate of drug-likeness (QED) is 0.103. The number of aromatic nitrogens is 1. The second kappa shape index (κ2) is 12.6. The Morgan fingerprint density at radius 2 is 1.88 bits per heavy atom. The molecule has 0 amide bonds. The van der Waals surface area contributed by atoms with Crippen LogP contribution in [0, 0.1) is 6.92 Å². The molecular weight excluding hydrogens is 649 g/mol. The summed E-state index contributed by atoms with van der Waals surface area (Å²) >= 11 is 1.58. The fraction of sp³-hybridized carbons (Fsp3) is 0.321. The molecule has 0 unspecified atom stereocenters. The number of hydrogen-bond donors (Lipinski definition) is 1. The Kier molecular flexibility index (Phi) is 9.27. The number of nitrogens with zero attached hydrogens (tertiary/aromatic N) is 2. The Morgan fingerprint density at radius 1 is 1.07 bits per heavy atom. The molecule has 1 N–H and O–H groups in total. The van der Waals surface area contributed by atoms with Crippen LogP contribution in [0.15, 0.2) is 64.5 Å².